The van der Waals surface area contributed by atoms with Gasteiger partial charge in [0.25, 0.3) is 0 Å². The molecule has 1 aliphatic heterocycles. The summed E-state index contributed by atoms with van der Waals surface area (Å²) in [4.78, 5) is 0. The zero-order valence-corrected chi connectivity index (χ0v) is 10.3. The van der Waals surface area contributed by atoms with E-state index in [1.54, 1.807) is 6.20 Å². The van der Waals surface area contributed by atoms with E-state index in [0.29, 0.717) is 10.9 Å². The number of aromatic nitrogens is 2. The number of hydrogen-bond donors (Lipinski definition) is 1. The predicted octanol–water partition coefficient (Wildman–Crippen LogP) is 1.98. The number of rotatable bonds is 4. The van der Waals surface area contributed by atoms with Crippen LogP contribution in [0.4, 0.5) is 0 Å². The molecule has 2 unspecified atom stereocenters. The molecule has 2 heterocycles. The summed E-state index contributed by atoms with van der Waals surface area (Å²) in [6.45, 7) is 4.53. The van der Waals surface area contributed by atoms with Crippen LogP contribution < -0.4 is 5.73 Å². The number of halogens is 1. The van der Waals surface area contributed by atoms with Crippen molar-refractivity contribution >= 4 is 11.6 Å². The van der Waals surface area contributed by atoms with Gasteiger partial charge >= 0.3 is 0 Å². The van der Waals surface area contributed by atoms with Crippen molar-refractivity contribution in [3.05, 3.63) is 16.9 Å². The van der Waals surface area contributed by atoms with Gasteiger partial charge in [0.1, 0.15) is 0 Å². The second-order valence-corrected chi connectivity index (χ2v) is 4.67. The molecule has 4 nitrogen and oxygen atoms in total. The fraction of sp³-hybridized carbons (Fsp3) is 0.727. The fourth-order valence-corrected chi connectivity index (χ4v) is 2.51. The highest BCUT2D eigenvalue weighted by Crippen LogP contribution is 2.28. The first kappa shape index (κ1) is 11.9. The van der Waals surface area contributed by atoms with E-state index in [1.807, 2.05) is 11.6 Å². The van der Waals surface area contributed by atoms with Crippen LogP contribution in [0.3, 0.4) is 0 Å². The van der Waals surface area contributed by atoms with Crippen LogP contribution in [0, 0.1) is 5.92 Å². The van der Waals surface area contributed by atoms with Crippen molar-refractivity contribution in [3.63, 3.8) is 0 Å². The second-order valence-electron chi connectivity index (χ2n) is 4.27. The first-order valence-corrected chi connectivity index (χ1v) is 6.14. The van der Waals surface area contributed by atoms with Gasteiger partial charge in [-0.15, -0.1) is 0 Å². The van der Waals surface area contributed by atoms with Crippen molar-refractivity contribution in [1.29, 1.82) is 0 Å². The van der Waals surface area contributed by atoms with Crippen LogP contribution in [0.25, 0.3) is 0 Å². The molecule has 1 saturated heterocycles. The van der Waals surface area contributed by atoms with E-state index in [0.717, 1.165) is 38.3 Å². The van der Waals surface area contributed by atoms with E-state index in [2.05, 4.69) is 5.10 Å². The highest BCUT2D eigenvalue weighted by molar-refractivity contribution is 6.31. The van der Waals surface area contributed by atoms with Gasteiger partial charge in [0.2, 0.25) is 0 Å². The topological polar surface area (TPSA) is 53.1 Å². The summed E-state index contributed by atoms with van der Waals surface area (Å²) in [6, 6.07) is -0.0401. The Balaban J connectivity index is 2.06. The van der Waals surface area contributed by atoms with E-state index in [4.69, 9.17) is 22.1 Å². The van der Waals surface area contributed by atoms with Crippen LogP contribution in [0.2, 0.25) is 5.02 Å². The third-order valence-corrected chi connectivity index (χ3v) is 3.39. The third-order valence-electron chi connectivity index (χ3n) is 3.10. The number of ether oxygens (including phenoxy) is 1. The number of nitrogens with zero attached hydrogens (tertiary/aromatic N) is 2. The van der Waals surface area contributed by atoms with Crippen molar-refractivity contribution in [1.82, 2.24) is 9.78 Å². The standard InChI is InChI=1S/C11H18ClN3O/c1-2-15-11(9(12)6-14-15)10(13)5-8-3-4-16-7-8/h6,8,10H,2-5,7,13H2,1H3. The maximum absolute atomic E-state index is 6.20. The summed E-state index contributed by atoms with van der Waals surface area (Å²) >= 11 is 6.11. The van der Waals surface area contributed by atoms with Crippen LogP contribution in [-0.4, -0.2) is 23.0 Å². The first-order chi connectivity index (χ1) is 7.72. The van der Waals surface area contributed by atoms with Crippen molar-refractivity contribution in [2.24, 2.45) is 11.7 Å². The normalized spacial score (nSPS) is 22.6. The van der Waals surface area contributed by atoms with Gasteiger partial charge in [-0.05, 0) is 25.7 Å². The lowest BCUT2D eigenvalue weighted by Gasteiger charge is -2.17. The molecule has 0 amide bonds. The number of hydrogen-bond acceptors (Lipinski definition) is 3. The van der Waals surface area contributed by atoms with Crippen LogP contribution in [0.15, 0.2) is 6.20 Å². The largest absolute Gasteiger partial charge is 0.381 e. The maximum Gasteiger partial charge on any atom is 0.0834 e. The molecule has 1 aromatic rings. The zero-order chi connectivity index (χ0) is 11.5. The molecule has 90 valence electrons. The molecular formula is C11H18ClN3O. The molecule has 1 fully saturated rings. The van der Waals surface area contributed by atoms with Crippen molar-refractivity contribution < 1.29 is 4.74 Å². The van der Waals surface area contributed by atoms with Gasteiger partial charge in [-0.25, -0.2) is 0 Å². The molecule has 2 N–H and O–H groups in total. The molecule has 0 spiro atoms. The van der Waals surface area contributed by atoms with Crippen molar-refractivity contribution in [2.75, 3.05) is 13.2 Å². The van der Waals surface area contributed by atoms with E-state index < -0.39 is 0 Å². The van der Waals surface area contributed by atoms with Gasteiger partial charge in [-0.2, -0.15) is 5.10 Å². The number of nitrogens with two attached hydrogens (primary N) is 1. The Kier molecular flexibility index (Phi) is 3.84. The molecule has 0 saturated carbocycles. The molecule has 0 aromatic carbocycles. The average Bonchev–Trinajstić information content (AvgIpc) is 2.87. The molecule has 0 bridgehead atoms. The van der Waals surface area contributed by atoms with Crippen LogP contribution in [-0.2, 0) is 11.3 Å². The summed E-state index contributed by atoms with van der Waals surface area (Å²) in [5, 5.41) is 4.88. The van der Waals surface area contributed by atoms with Gasteiger partial charge in [0, 0.05) is 25.8 Å². The highest BCUT2D eigenvalue weighted by Gasteiger charge is 2.23. The minimum Gasteiger partial charge on any atom is -0.381 e. The van der Waals surface area contributed by atoms with Gasteiger partial charge in [-0.1, -0.05) is 11.6 Å². The lowest BCUT2D eigenvalue weighted by Crippen LogP contribution is -2.20. The summed E-state index contributed by atoms with van der Waals surface area (Å²) in [7, 11) is 0. The Morgan fingerprint density at radius 1 is 1.75 bits per heavy atom. The summed E-state index contributed by atoms with van der Waals surface area (Å²) in [6.07, 6.45) is 3.70. The quantitative estimate of drug-likeness (QED) is 0.880. The fourth-order valence-electron chi connectivity index (χ4n) is 2.23. The van der Waals surface area contributed by atoms with Crippen molar-refractivity contribution in [2.45, 2.75) is 32.4 Å². The first-order valence-electron chi connectivity index (χ1n) is 5.77. The Bertz CT molecular complexity index is 347. The average molecular weight is 244 g/mol. The Hall–Kier alpha value is -0.580. The SMILES string of the molecule is CCn1ncc(Cl)c1C(N)CC1CCOC1. The lowest BCUT2D eigenvalue weighted by molar-refractivity contribution is 0.182. The molecular weight excluding hydrogens is 226 g/mol. The van der Waals surface area contributed by atoms with Crippen LogP contribution >= 0.6 is 11.6 Å². The minimum atomic E-state index is -0.0401. The maximum atomic E-state index is 6.20. The van der Waals surface area contributed by atoms with Gasteiger partial charge < -0.3 is 10.5 Å². The smallest absolute Gasteiger partial charge is 0.0834 e. The lowest BCUT2D eigenvalue weighted by atomic mass is 9.98. The zero-order valence-electron chi connectivity index (χ0n) is 9.53. The summed E-state index contributed by atoms with van der Waals surface area (Å²) < 4.78 is 7.23. The molecule has 1 aromatic heterocycles. The third kappa shape index (κ3) is 2.39. The Morgan fingerprint density at radius 2 is 2.56 bits per heavy atom. The monoisotopic (exact) mass is 243 g/mol. The van der Waals surface area contributed by atoms with E-state index in [9.17, 15) is 0 Å². The molecule has 5 heteroatoms. The Labute approximate surface area is 101 Å². The summed E-state index contributed by atoms with van der Waals surface area (Å²) in [5.74, 6) is 0.561. The molecule has 0 aliphatic carbocycles. The Morgan fingerprint density at radius 3 is 3.19 bits per heavy atom. The summed E-state index contributed by atoms with van der Waals surface area (Å²) in [5.41, 5.74) is 7.15. The molecule has 0 radical (unpaired) electrons. The molecule has 2 rings (SSSR count). The van der Waals surface area contributed by atoms with E-state index >= 15 is 0 Å². The molecule has 16 heavy (non-hydrogen) atoms. The predicted molar refractivity (Wildman–Crippen MR) is 63.4 cm³/mol. The van der Waals surface area contributed by atoms with Gasteiger partial charge in [0.05, 0.1) is 16.9 Å². The van der Waals surface area contributed by atoms with Gasteiger partial charge in [0.15, 0.2) is 0 Å². The minimum absolute atomic E-state index is 0.0401. The molecule has 2 atom stereocenters. The van der Waals surface area contributed by atoms with Crippen LogP contribution in [0.1, 0.15) is 31.5 Å². The van der Waals surface area contributed by atoms with E-state index in [-0.39, 0.29) is 6.04 Å². The second kappa shape index (κ2) is 5.17. The van der Waals surface area contributed by atoms with Gasteiger partial charge in [-0.3, -0.25) is 4.68 Å². The highest BCUT2D eigenvalue weighted by atomic mass is 35.5. The van der Waals surface area contributed by atoms with Crippen molar-refractivity contribution in [3.8, 4) is 0 Å². The van der Waals surface area contributed by atoms with E-state index in [1.165, 1.54) is 0 Å². The molecule has 1 aliphatic rings. The van der Waals surface area contributed by atoms with Crippen LogP contribution in [0.5, 0.6) is 0 Å². The number of aryl methyl sites for hydroxylation is 1.